The standard InChI is InChI=1S/C26H34N6O/c1-30(2)14-8-13-27-26-22-11-6-7-12-23(22)28-24(29-26)20-31-15-17-32(18-16-31)25(33)19-21-9-4-3-5-10-21/h3-7,9-12H,8,13-20H2,1-2H3,(H,27,28,29). The molecule has 33 heavy (non-hydrogen) atoms. The second-order valence-corrected chi connectivity index (χ2v) is 8.91. The average Bonchev–Trinajstić information content (AvgIpc) is 2.82. The third-order valence-electron chi connectivity index (χ3n) is 6.01. The Bertz CT molecular complexity index is 1050. The SMILES string of the molecule is CN(C)CCCNc1nc(CN2CCN(C(=O)Cc3ccccc3)CC2)nc2ccccc12. The van der Waals surface area contributed by atoms with Crippen molar-refractivity contribution in [1.29, 1.82) is 0 Å². The van der Waals surface area contributed by atoms with Crippen molar-refractivity contribution in [1.82, 2.24) is 24.7 Å². The molecule has 1 fully saturated rings. The summed E-state index contributed by atoms with van der Waals surface area (Å²) in [4.78, 5) is 28.8. The van der Waals surface area contributed by atoms with Crippen LogP contribution in [0.4, 0.5) is 5.82 Å². The predicted molar refractivity (Wildman–Crippen MR) is 133 cm³/mol. The van der Waals surface area contributed by atoms with Crippen molar-refractivity contribution in [2.24, 2.45) is 0 Å². The number of carbonyl (C=O) groups is 1. The fourth-order valence-corrected chi connectivity index (χ4v) is 4.17. The van der Waals surface area contributed by atoms with Crippen molar-refractivity contribution >= 4 is 22.6 Å². The lowest BCUT2D eigenvalue weighted by Gasteiger charge is -2.34. The van der Waals surface area contributed by atoms with Crippen LogP contribution in [0.2, 0.25) is 0 Å². The number of fused-ring (bicyclic) bond motifs is 1. The molecule has 0 unspecified atom stereocenters. The van der Waals surface area contributed by atoms with Crippen LogP contribution in [0.15, 0.2) is 54.6 Å². The number of hydrogen-bond donors (Lipinski definition) is 1. The molecule has 1 aliphatic rings. The minimum absolute atomic E-state index is 0.201. The molecule has 1 aromatic heterocycles. The highest BCUT2D eigenvalue weighted by atomic mass is 16.2. The van der Waals surface area contributed by atoms with Crippen LogP contribution in [-0.4, -0.2) is 83.9 Å². The third kappa shape index (κ3) is 6.49. The molecule has 2 heterocycles. The van der Waals surface area contributed by atoms with Crippen LogP contribution in [0.3, 0.4) is 0 Å². The van der Waals surface area contributed by atoms with Crippen LogP contribution in [0.25, 0.3) is 10.9 Å². The Morgan fingerprint density at radius 1 is 0.970 bits per heavy atom. The van der Waals surface area contributed by atoms with Crippen LogP contribution in [-0.2, 0) is 17.8 Å². The van der Waals surface area contributed by atoms with Crippen molar-refractivity contribution in [2.45, 2.75) is 19.4 Å². The lowest BCUT2D eigenvalue weighted by Crippen LogP contribution is -2.48. The lowest BCUT2D eigenvalue weighted by molar-refractivity contribution is -0.132. The van der Waals surface area contributed by atoms with E-state index in [0.717, 1.165) is 73.8 Å². The van der Waals surface area contributed by atoms with Crippen molar-refractivity contribution in [3.63, 3.8) is 0 Å². The van der Waals surface area contributed by atoms with E-state index >= 15 is 0 Å². The number of rotatable bonds is 9. The van der Waals surface area contributed by atoms with E-state index in [1.807, 2.05) is 53.4 Å². The second kappa shape index (κ2) is 11.2. The fourth-order valence-electron chi connectivity index (χ4n) is 4.17. The molecule has 0 aliphatic carbocycles. The number of anilines is 1. The molecule has 4 rings (SSSR count). The topological polar surface area (TPSA) is 64.6 Å². The lowest BCUT2D eigenvalue weighted by atomic mass is 10.1. The van der Waals surface area contributed by atoms with Gasteiger partial charge in [0, 0.05) is 38.1 Å². The van der Waals surface area contributed by atoms with E-state index < -0.39 is 0 Å². The van der Waals surface area contributed by atoms with Gasteiger partial charge in [-0.1, -0.05) is 42.5 Å². The summed E-state index contributed by atoms with van der Waals surface area (Å²) in [5.41, 5.74) is 2.04. The third-order valence-corrected chi connectivity index (χ3v) is 6.01. The van der Waals surface area contributed by atoms with Crippen molar-refractivity contribution < 1.29 is 4.79 Å². The van der Waals surface area contributed by atoms with E-state index in [2.05, 4.69) is 35.3 Å². The summed E-state index contributed by atoms with van der Waals surface area (Å²) in [6, 6.07) is 18.1. The smallest absolute Gasteiger partial charge is 0.227 e. The average molecular weight is 447 g/mol. The maximum Gasteiger partial charge on any atom is 0.227 e. The Morgan fingerprint density at radius 3 is 2.45 bits per heavy atom. The molecular weight excluding hydrogens is 412 g/mol. The van der Waals surface area contributed by atoms with Gasteiger partial charge in [-0.05, 0) is 44.8 Å². The molecular formula is C26H34N6O. The van der Waals surface area contributed by atoms with Gasteiger partial charge in [0.05, 0.1) is 18.5 Å². The van der Waals surface area contributed by atoms with Crippen molar-refractivity contribution in [2.75, 3.05) is 58.7 Å². The Hall–Kier alpha value is -3.03. The van der Waals surface area contributed by atoms with E-state index in [4.69, 9.17) is 9.97 Å². The highest BCUT2D eigenvalue weighted by Gasteiger charge is 2.22. The van der Waals surface area contributed by atoms with Crippen LogP contribution in [0.5, 0.6) is 0 Å². The van der Waals surface area contributed by atoms with Gasteiger partial charge in [-0.15, -0.1) is 0 Å². The van der Waals surface area contributed by atoms with Crippen LogP contribution in [0.1, 0.15) is 17.8 Å². The molecule has 0 spiro atoms. The first-order chi connectivity index (χ1) is 16.1. The van der Waals surface area contributed by atoms with Gasteiger partial charge in [0.25, 0.3) is 0 Å². The molecule has 0 atom stereocenters. The highest BCUT2D eigenvalue weighted by molar-refractivity contribution is 5.89. The first kappa shape index (κ1) is 23.1. The van der Waals surface area contributed by atoms with Gasteiger partial charge in [-0.3, -0.25) is 9.69 Å². The molecule has 3 aromatic rings. The first-order valence-corrected chi connectivity index (χ1v) is 11.8. The summed E-state index contributed by atoms with van der Waals surface area (Å²) in [5, 5.41) is 4.57. The minimum Gasteiger partial charge on any atom is -0.369 e. The summed E-state index contributed by atoms with van der Waals surface area (Å²) >= 11 is 0. The molecule has 1 saturated heterocycles. The zero-order valence-corrected chi connectivity index (χ0v) is 19.7. The number of aromatic nitrogens is 2. The monoisotopic (exact) mass is 446 g/mol. The zero-order valence-electron chi connectivity index (χ0n) is 19.7. The number of benzene rings is 2. The first-order valence-electron chi connectivity index (χ1n) is 11.8. The summed E-state index contributed by atoms with van der Waals surface area (Å²) in [7, 11) is 4.18. The van der Waals surface area contributed by atoms with Gasteiger partial charge < -0.3 is 15.1 Å². The number of amides is 1. The van der Waals surface area contributed by atoms with E-state index in [9.17, 15) is 4.79 Å². The number of hydrogen-bond acceptors (Lipinski definition) is 6. The number of piperazine rings is 1. The van der Waals surface area contributed by atoms with E-state index in [1.54, 1.807) is 0 Å². The zero-order chi connectivity index (χ0) is 23.0. The second-order valence-electron chi connectivity index (χ2n) is 8.91. The molecule has 1 aliphatic heterocycles. The minimum atomic E-state index is 0.201. The molecule has 174 valence electrons. The van der Waals surface area contributed by atoms with Crippen LogP contribution >= 0.6 is 0 Å². The van der Waals surface area contributed by atoms with Crippen molar-refractivity contribution in [3.8, 4) is 0 Å². The summed E-state index contributed by atoms with van der Waals surface area (Å²) in [6.07, 6.45) is 1.52. The predicted octanol–water partition coefficient (Wildman–Crippen LogP) is 2.88. The molecule has 1 amide bonds. The fraction of sp³-hybridized carbons (Fsp3) is 0.423. The van der Waals surface area contributed by atoms with E-state index in [-0.39, 0.29) is 5.91 Å². The maximum absolute atomic E-state index is 12.7. The van der Waals surface area contributed by atoms with Gasteiger partial charge in [-0.25, -0.2) is 9.97 Å². The summed E-state index contributed by atoms with van der Waals surface area (Å²) < 4.78 is 0. The number of nitrogens with zero attached hydrogens (tertiary/aromatic N) is 5. The molecule has 0 saturated carbocycles. The van der Waals surface area contributed by atoms with Crippen LogP contribution < -0.4 is 5.32 Å². The van der Waals surface area contributed by atoms with E-state index in [0.29, 0.717) is 13.0 Å². The van der Waals surface area contributed by atoms with Crippen molar-refractivity contribution in [3.05, 3.63) is 66.0 Å². The maximum atomic E-state index is 12.7. The molecule has 1 N–H and O–H groups in total. The molecule has 0 bridgehead atoms. The Morgan fingerprint density at radius 2 is 1.70 bits per heavy atom. The highest BCUT2D eigenvalue weighted by Crippen LogP contribution is 2.21. The van der Waals surface area contributed by atoms with Crippen LogP contribution in [0, 0.1) is 0 Å². The van der Waals surface area contributed by atoms with E-state index in [1.165, 1.54) is 0 Å². The number of carbonyl (C=O) groups excluding carboxylic acids is 1. The number of para-hydroxylation sites is 1. The Balaban J connectivity index is 1.35. The summed E-state index contributed by atoms with van der Waals surface area (Å²) in [5.74, 6) is 1.94. The largest absolute Gasteiger partial charge is 0.369 e. The number of nitrogens with one attached hydrogen (secondary N) is 1. The quantitative estimate of drug-likeness (QED) is 0.510. The molecule has 7 nitrogen and oxygen atoms in total. The van der Waals surface area contributed by atoms with Gasteiger partial charge in [-0.2, -0.15) is 0 Å². The molecule has 7 heteroatoms. The summed E-state index contributed by atoms with van der Waals surface area (Å²) in [6.45, 7) is 5.77. The van der Waals surface area contributed by atoms with Gasteiger partial charge in [0.15, 0.2) is 0 Å². The van der Waals surface area contributed by atoms with Gasteiger partial charge >= 0.3 is 0 Å². The Kier molecular flexibility index (Phi) is 7.86. The normalized spacial score (nSPS) is 14.7. The van der Waals surface area contributed by atoms with Gasteiger partial charge in [0.1, 0.15) is 11.6 Å². The Labute approximate surface area is 196 Å². The van der Waals surface area contributed by atoms with Gasteiger partial charge in [0.2, 0.25) is 5.91 Å². The molecule has 0 radical (unpaired) electrons. The molecule has 2 aromatic carbocycles.